The number of ether oxygens (including phenoxy) is 1. The minimum atomic E-state index is -0.463. The van der Waals surface area contributed by atoms with Crippen molar-refractivity contribution in [3.05, 3.63) is 51.4 Å². The maximum absolute atomic E-state index is 10.7. The van der Waals surface area contributed by atoms with Crippen molar-refractivity contribution < 1.29 is 9.66 Å². The number of nitro benzene ring substituents is 1. The zero-order valence-electron chi connectivity index (χ0n) is 10.7. The van der Waals surface area contributed by atoms with E-state index >= 15 is 0 Å². The molecule has 0 amide bonds. The number of benzene rings is 1. The summed E-state index contributed by atoms with van der Waals surface area (Å²) in [5.74, 6) is 1.08. The quantitative estimate of drug-likeness (QED) is 0.419. The summed E-state index contributed by atoms with van der Waals surface area (Å²) in [5.41, 5.74) is 0.615. The molecule has 106 valence electrons. The van der Waals surface area contributed by atoms with E-state index < -0.39 is 4.92 Å². The fourth-order valence-corrected chi connectivity index (χ4v) is 1.97. The first-order valence-corrected chi connectivity index (χ1v) is 6.21. The molecule has 0 aliphatic rings. The number of non-ortho nitro benzene ring substituents is 1. The average Bonchev–Trinajstić information content (AvgIpc) is 2.88. The van der Waals surface area contributed by atoms with Gasteiger partial charge in [0.1, 0.15) is 17.2 Å². The van der Waals surface area contributed by atoms with Crippen LogP contribution in [0, 0.1) is 17.0 Å². The molecule has 0 atom stereocenters. The Morgan fingerprint density at radius 2 is 2.19 bits per heavy atom. The minimum Gasteiger partial charge on any atom is -0.438 e. The van der Waals surface area contributed by atoms with E-state index in [9.17, 15) is 10.1 Å². The Morgan fingerprint density at radius 1 is 1.38 bits per heavy atom. The van der Waals surface area contributed by atoms with Crippen molar-refractivity contribution in [2.24, 2.45) is 0 Å². The van der Waals surface area contributed by atoms with Crippen LogP contribution in [0.4, 0.5) is 5.69 Å². The highest BCUT2D eigenvalue weighted by Crippen LogP contribution is 2.28. The Morgan fingerprint density at radius 3 is 2.90 bits per heavy atom. The van der Waals surface area contributed by atoms with Crippen molar-refractivity contribution in [1.82, 2.24) is 19.6 Å². The summed E-state index contributed by atoms with van der Waals surface area (Å²) in [4.78, 5) is 18.2. The van der Waals surface area contributed by atoms with Crippen LogP contribution in [-0.2, 0) is 0 Å². The Kier molecular flexibility index (Phi) is 3.15. The van der Waals surface area contributed by atoms with E-state index in [-0.39, 0.29) is 10.8 Å². The fourth-order valence-electron chi connectivity index (χ4n) is 1.80. The molecule has 0 saturated heterocycles. The Hall–Kier alpha value is -2.74. The lowest BCUT2D eigenvalue weighted by Crippen LogP contribution is -1.99. The van der Waals surface area contributed by atoms with Crippen LogP contribution in [0.3, 0.4) is 0 Å². The van der Waals surface area contributed by atoms with Crippen molar-refractivity contribution in [3.8, 4) is 11.6 Å². The predicted molar refractivity (Wildman–Crippen MR) is 73.7 cm³/mol. The molecule has 2 heterocycles. The monoisotopic (exact) mass is 305 g/mol. The lowest BCUT2D eigenvalue weighted by Gasteiger charge is -2.09. The fraction of sp³-hybridized carbons (Fsp3) is 0.0833. The van der Waals surface area contributed by atoms with Gasteiger partial charge in [-0.25, -0.2) is 0 Å². The van der Waals surface area contributed by atoms with Crippen molar-refractivity contribution in [2.75, 3.05) is 0 Å². The number of aromatic nitrogens is 4. The lowest BCUT2D eigenvalue weighted by molar-refractivity contribution is -0.384. The van der Waals surface area contributed by atoms with E-state index in [4.69, 9.17) is 16.3 Å². The van der Waals surface area contributed by atoms with Crippen molar-refractivity contribution >= 4 is 23.1 Å². The van der Waals surface area contributed by atoms with Gasteiger partial charge in [0.2, 0.25) is 5.88 Å². The summed E-state index contributed by atoms with van der Waals surface area (Å²) < 4.78 is 7.09. The lowest BCUT2D eigenvalue weighted by atomic mass is 10.2. The molecule has 0 aliphatic carbocycles. The molecule has 0 fully saturated rings. The summed E-state index contributed by atoms with van der Waals surface area (Å²) in [5, 5.41) is 14.9. The van der Waals surface area contributed by atoms with Gasteiger partial charge in [-0.1, -0.05) is 11.6 Å². The molecule has 21 heavy (non-hydrogen) atoms. The molecule has 0 bridgehead atoms. The van der Waals surface area contributed by atoms with Crippen LogP contribution < -0.4 is 4.74 Å². The Balaban J connectivity index is 2.02. The van der Waals surface area contributed by atoms with Gasteiger partial charge in [-0.05, 0) is 18.6 Å². The van der Waals surface area contributed by atoms with Gasteiger partial charge in [0.15, 0.2) is 0 Å². The van der Waals surface area contributed by atoms with Crippen molar-refractivity contribution in [3.63, 3.8) is 0 Å². The summed E-state index contributed by atoms with van der Waals surface area (Å²) in [6.45, 7) is 1.71. The number of rotatable bonds is 3. The van der Waals surface area contributed by atoms with E-state index in [2.05, 4.69) is 15.1 Å². The molecule has 0 N–H and O–H groups in total. The van der Waals surface area contributed by atoms with Gasteiger partial charge in [0, 0.05) is 18.2 Å². The van der Waals surface area contributed by atoms with Crippen LogP contribution >= 0.6 is 11.6 Å². The second kappa shape index (κ2) is 4.98. The molecule has 0 radical (unpaired) electrons. The smallest absolute Gasteiger partial charge is 0.269 e. The van der Waals surface area contributed by atoms with Crippen LogP contribution in [0.1, 0.15) is 5.56 Å². The molecule has 3 rings (SSSR count). The molecule has 0 aliphatic heterocycles. The molecule has 9 heteroatoms. The third-order valence-corrected chi connectivity index (χ3v) is 2.97. The number of aryl methyl sites for hydroxylation is 1. The number of nitro groups is 1. The van der Waals surface area contributed by atoms with Crippen LogP contribution in [0.15, 0.2) is 30.6 Å². The maximum Gasteiger partial charge on any atom is 0.269 e. The molecule has 1 aromatic carbocycles. The van der Waals surface area contributed by atoms with Gasteiger partial charge in [-0.15, -0.1) is 0 Å². The molecular formula is C12H8ClN5O3. The highest BCUT2D eigenvalue weighted by atomic mass is 35.5. The van der Waals surface area contributed by atoms with E-state index in [0.717, 1.165) is 0 Å². The van der Waals surface area contributed by atoms with Crippen LogP contribution in [0.25, 0.3) is 5.78 Å². The zero-order chi connectivity index (χ0) is 15.0. The van der Waals surface area contributed by atoms with E-state index in [0.29, 0.717) is 23.0 Å². The van der Waals surface area contributed by atoms with E-state index in [1.165, 1.54) is 35.1 Å². The van der Waals surface area contributed by atoms with E-state index in [1.54, 1.807) is 6.92 Å². The average molecular weight is 306 g/mol. The number of nitrogens with zero attached hydrogens (tertiary/aromatic N) is 5. The van der Waals surface area contributed by atoms with Gasteiger partial charge in [-0.2, -0.15) is 19.6 Å². The van der Waals surface area contributed by atoms with Gasteiger partial charge >= 0.3 is 0 Å². The molecule has 0 spiro atoms. The first-order chi connectivity index (χ1) is 10.0. The normalized spacial score (nSPS) is 10.8. The topological polar surface area (TPSA) is 95.5 Å². The second-order valence-corrected chi connectivity index (χ2v) is 4.59. The Bertz CT molecular complexity index is 848. The first-order valence-electron chi connectivity index (χ1n) is 5.84. The van der Waals surface area contributed by atoms with E-state index in [1.807, 2.05) is 0 Å². The number of hydrogen-bond acceptors (Lipinski definition) is 6. The van der Waals surface area contributed by atoms with Gasteiger partial charge in [-0.3, -0.25) is 10.1 Å². The molecule has 3 aromatic rings. The summed E-state index contributed by atoms with van der Waals surface area (Å²) in [6.07, 6.45) is 1.33. The molecule has 2 aromatic heterocycles. The third kappa shape index (κ3) is 2.48. The molecule has 0 saturated carbocycles. The van der Waals surface area contributed by atoms with Crippen LogP contribution in [0.5, 0.6) is 11.6 Å². The highest BCUT2D eigenvalue weighted by molar-refractivity contribution is 6.29. The maximum atomic E-state index is 10.7. The molecule has 8 nitrogen and oxygen atoms in total. The predicted octanol–water partition coefficient (Wildman–Crippen LogP) is 2.79. The van der Waals surface area contributed by atoms with Gasteiger partial charge in [0.05, 0.1) is 4.92 Å². The van der Waals surface area contributed by atoms with Crippen LogP contribution in [-0.4, -0.2) is 24.5 Å². The van der Waals surface area contributed by atoms with Gasteiger partial charge < -0.3 is 4.74 Å². The second-order valence-electron chi connectivity index (χ2n) is 4.20. The Labute approximate surface area is 123 Å². The third-order valence-electron chi connectivity index (χ3n) is 2.77. The number of halogens is 1. The largest absolute Gasteiger partial charge is 0.438 e. The summed E-state index contributed by atoms with van der Waals surface area (Å²) in [7, 11) is 0. The van der Waals surface area contributed by atoms with Crippen LogP contribution in [0.2, 0.25) is 5.15 Å². The SMILES string of the molecule is Cc1cc([N+](=O)[O-])ccc1Oc1cc(Cl)nc2ncnn12. The summed E-state index contributed by atoms with van der Waals surface area (Å²) in [6, 6.07) is 5.80. The number of fused-ring (bicyclic) bond motifs is 1. The zero-order valence-corrected chi connectivity index (χ0v) is 11.5. The molecule has 0 unspecified atom stereocenters. The first kappa shape index (κ1) is 13.3. The summed E-state index contributed by atoms with van der Waals surface area (Å²) >= 11 is 5.89. The minimum absolute atomic E-state index is 0.00138. The van der Waals surface area contributed by atoms with Gasteiger partial charge in [0.25, 0.3) is 11.5 Å². The molecular weight excluding hydrogens is 298 g/mol. The highest BCUT2D eigenvalue weighted by Gasteiger charge is 2.13. The van der Waals surface area contributed by atoms with Crippen molar-refractivity contribution in [1.29, 1.82) is 0 Å². The number of hydrogen-bond donors (Lipinski definition) is 0. The standard InChI is InChI=1S/C12H8ClN5O3/c1-7-4-8(18(19)20)2-3-9(7)21-11-5-10(13)16-12-14-6-15-17(11)12/h2-6H,1H3. The van der Waals surface area contributed by atoms with Crippen molar-refractivity contribution in [2.45, 2.75) is 6.92 Å².